The number of amides is 3. The van der Waals surface area contributed by atoms with Gasteiger partial charge in [0.15, 0.2) is 0 Å². The van der Waals surface area contributed by atoms with Gasteiger partial charge in [0.2, 0.25) is 5.91 Å². The number of urea groups is 1. The molecule has 0 aliphatic carbocycles. The molecule has 3 amide bonds. The number of aromatic nitrogens is 1. The molecule has 8 heteroatoms. The summed E-state index contributed by atoms with van der Waals surface area (Å²) in [6, 6.07) is 22.4. The number of aromatic amines is 1. The largest absolute Gasteiger partial charge is 0.361 e. The third-order valence-corrected chi connectivity index (χ3v) is 7.00. The molecule has 0 radical (unpaired) electrons. The minimum Gasteiger partial charge on any atom is -0.361 e. The van der Waals surface area contributed by atoms with Crippen molar-refractivity contribution in [3.05, 3.63) is 100 Å². The first-order valence-electron chi connectivity index (χ1n) is 12.7. The van der Waals surface area contributed by atoms with Gasteiger partial charge in [-0.05, 0) is 53.8 Å². The topological polar surface area (TPSA) is 68.4 Å². The normalized spacial score (nSPS) is 11.1. The number of halogens is 2. The number of nitrogens with one attached hydrogen (secondary N) is 2. The molecule has 2 N–H and O–H groups in total. The molecular formula is C30H32Cl2N4O2. The Kier molecular flexibility index (Phi) is 9.32. The molecule has 0 unspecified atom stereocenters. The second-order valence-corrected chi connectivity index (χ2v) is 10.6. The van der Waals surface area contributed by atoms with Gasteiger partial charge in [-0.3, -0.25) is 4.79 Å². The van der Waals surface area contributed by atoms with Crippen LogP contribution in [0.25, 0.3) is 10.9 Å². The molecule has 1 heterocycles. The first kappa shape index (κ1) is 27.6. The van der Waals surface area contributed by atoms with Gasteiger partial charge in [0.05, 0.1) is 10.0 Å². The summed E-state index contributed by atoms with van der Waals surface area (Å²) < 4.78 is 0. The number of para-hydroxylation sites is 2. The highest BCUT2D eigenvalue weighted by atomic mass is 35.5. The maximum Gasteiger partial charge on any atom is 0.322 e. The van der Waals surface area contributed by atoms with Gasteiger partial charge in [-0.15, -0.1) is 0 Å². The zero-order valence-corrected chi connectivity index (χ0v) is 23.1. The minimum absolute atomic E-state index is 0.0357. The molecule has 0 fully saturated rings. The number of H-pyrrole nitrogens is 1. The standard InChI is InChI=1S/C30H32Cl2N4O2/c1-21(2)18-36(30(38)34-24-8-4-3-5-9-24)20-29(37)35(19-22-12-13-26(31)27(32)16-22)15-14-23-17-33-28-11-7-6-10-25(23)28/h3-13,16-17,21,33H,14-15,18-20H2,1-2H3,(H,34,38). The molecule has 38 heavy (non-hydrogen) atoms. The Morgan fingerprint density at radius 3 is 2.39 bits per heavy atom. The van der Waals surface area contributed by atoms with Gasteiger partial charge in [-0.2, -0.15) is 0 Å². The van der Waals surface area contributed by atoms with Crippen LogP contribution in [-0.2, 0) is 17.8 Å². The Morgan fingerprint density at radius 1 is 0.921 bits per heavy atom. The van der Waals surface area contributed by atoms with Crippen LogP contribution in [-0.4, -0.2) is 46.4 Å². The summed E-state index contributed by atoms with van der Waals surface area (Å²) in [6.07, 6.45) is 2.66. The van der Waals surface area contributed by atoms with Gasteiger partial charge < -0.3 is 20.1 Å². The van der Waals surface area contributed by atoms with E-state index in [1.54, 1.807) is 21.9 Å². The molecule has 3 aromatic carbocycles. The molecule has 0 aliphatic heterocycles. The average molecular weight is 552 g/mol. The predicted molar refractivity (Wildman–Crippen MR) is 156 cm³/mol. The van der Waals surface area contributed by atoms with Crippen LogP contribution < -0.4 is 5.32 Å². The number of rotatable bonds is 10. The number of hydrogen-bond donors (Lipinski definition) is 2. The Balaban J connectivity index is 1.53. The zero-order chi connectivity index (χ0) is 27.1. The number of fused-ring (bicyclic) bond motifs is 1. The summed E-state index contributed by atoms with van der Waals surface area (Å²) in [5.74, 6) is 0.0545. The molecule has 0 saturated carbocycles. The lowest BCUT2D eigenvalue weighted by Gasteiger charge is -2.29. The molecule has 1 aromatic heterocycles. The summed E-state index contributed by atoms with van der Waals surface area (Å²) in [7, 11) is 0. The van der Waals surface area contributed by atoms with Crippen LogP contribution in [0.1, 0.15) is 25.0 Å². The lowest BCUT2D eigenvalue weighted by atomic mass is 10.1. The highest BCUT2D eigenvalue weighted by molar-refractivity contribution is 6.42. The van der Waals surface area contributed by atoms with Crippen molar-refractivity contribution in [1.82, 2.24) is 14.8 Å². The van der Waals surface area contributed by atoms with Crippen molar-refractivity contribution < 1.29 is 9.59 Å². The minimum atomic E-state index is -0.302. The molecule has 0 spiro atoms. The first-order valence-corrected chi connectivity index (χ1v) is 13.4. The van der Waals surface area contributed by atoms with Gasteiger partial charge in [0.1, 0.15) is 6.54 Å². The first-order chi connectivity index (χ1) is 18.3. The van der Waals surface area contributed by atoms with E-state index in [0.717, 1.165) is 22.0 Å². The van der Waals surface area contributed by atoms with Crippen LogP contribution >= 0.6 is 23.2 Å². The van der Waals surface area contributed by atoms with E-state index in [0.29, 0.717) is 41.8 Å². The van der Waals surface area contributed by atoms with Crippen molar-refractivity contribution >= 4 is 51.7 Å². The van der Waals surface area contributed by atoms with Crippen LogP contribution in [0.2, 0.25) is 10.0 Å². The number of benzene rings is 3. The Labute approximate surface area is 233 Å². The van der Waals surface area contributed by atoms with Crippen molar-refractivity contribution in [3.63, 3.8) is 0 Å². The van der Waals surface area contributed by atoms with Crippen molar-refractivity contribution in [2.75, 3.05) is 25.0 Å². The fourth-order valence-corrected chi connectivity index (χ4v) is 4.71. The maximum atomic E-state index is 13.7. The van der Waals surface area contributed by atoms with Crippen LogP contribution in [0.5, 0.6) is 0 Å². The molecule has 0 aliphatic rings. The molecule has 6 nitrogen and oxygen atoms in total. The van der Waals surface area contributed by atoms with E-state index in [-0.39, 0.29) is 24.4 Å². The van der Waals surface area contributed by atoms with E-state index in [2.05, 4.69) is 16.4 Å². The molecular weight excluding hydrogens is 519 g/mol. The maximum absolute atomic E-state index is 13.7. The molecule has 4 aromatic rings. The second-order valence-electron chi connectivity index (χ2n) is 9.74. The zero-order valence-electron chi connectivity index (χ0n) is 21.6. The number of anilines is 1. The summed E-state index contributed by atoms with van der Waals surface area (Å²) in [5, 5.41) is 4.95. The van der Waals surface area contributed by atoms with E-state index < -0.39 is 0 Å². The van der Waals surface area contributed by atoms with Crippen molar-refractivity contribution in [2.45, 2.75) is 26.8 Å². The number of nitrogens with zero attached hydrogens (tertiary/aromatic N) is 2. The summed E-state index contributed by atoms with van der Waals surface area (Å²) >= 11 is 12.4. The van der Waals surface area contributed by atoms with Gasteiger partial charge in [-0.25, -0.2) is 4.79 Å². The van der Waals surface area contributed by atoms with Crippen LogP contribution in [0.4, 0.5) is 10.5 Å². The van der Waals surface area contributed by atoms with Gasteiger partial charge >= 0.3 is 6.03 Å². The van der Waals surface area contributed by atoms with E-state index in [9.17, 15) is 9.59 Å². The molecule has 0 saturated heterocycles. The summed E-state index contributed by atoms with van der Waals surface area (Å²) in [4.78, 5) is 33.5. The predicted octanol–water partition coefficient (Wildman–Crippen LogP) is 7.24. The lowest BCUT2D eigenvalue weighted by Crippen LogP contribution is -2.46. The van der Waals surface area contributed by atoms with E-state index in [1.165, 1.54) is 0 Å². The summed E-state index contributed by atoms with van der Waals surface area (Å²) in [5.41, 5.74) is 3.75. The van der Waals surface area contributed by atoms with Gasteiger partial charge in [0.25, 0.3) is 0 Å². The Morgan fingerprint density at radius 2 is 1.66 bits per heavy atom. The third kappa shape index (κ3) is 7.30. The van der Waals surface area contributed by atoms with Crippen LogP contribution in [0.15, 0.2) is 79.0 Å². The Bertz CT molecular complexity index is 1390. The smallest absolute Gasteiger partial charge is 0.322 e. The molecule has 4 rings (SSSR count). The second kappa shape index (κ2) is 12.9. The van der Waals surface area contributed by atoms with Crippen molar-refractivity contribution in [3.8, 4) is 0 Å². The van der Waals surface area contributed by atoms with E-state index >= 15 is 0 Å². The SMILES string of the molecule is CC(C)CN(CC(=O)N(CCc1c[nH]c2ccccc12)Cc1ccc(Cl)c(Cl)c1)C(=O)Nc1ccccc1. The number of carbonyl (C=O) groups is 2. The van der Waals surface area contributed by atoms with E-state index in [1.807, 2.05) is 74.6 Å². The fourth-order valence-electron chi connectivity index (χ4n) is 4.39. The van der Waals surface area contributed by atoms with Gasteiger partial charge in [-0.1, -0.05) is 79.5 Å². The highest BCUT2D eigenvalue weighted by Gasteiger charge is 2.23. The molecule has 0 bridgehead atoms. The van der Waals surface area contributed by atoms with Crippen LogP contribution in [0.3, 0.4) is 0 Å². The highest BCUT2D eigenvalue weighted by Crippen LogP contribution is 2.24. The van der Waals surface area contributed by atoms with Crippen LogP contribution in [0, 0.1) is 5.92 Å². The monoisotopic (exact) mass is 550 g/mol. The molecule has 198 valence electrons. The average Bonchev–Trinajstić information content (AvgIpc) is 3.31. The number of carbonyl (C=O) groups excluding carboxylic acids is 2. The molecule has 0 atom stereocenters. The van der Waals surface area contributed by atoms with Crippen molar-refractivity contribution in [2.24, 2.45) is 5.92 Å². The van der Waals surface area contributed by atoms with E-state index in [4.69, 9.17) is 23.2 Å². The van der Waals surface area contributed by atoms with Gasteiger partial charge in [0, 0.05) is 42.4 Å². The fraction of sp³-hybridized carbons (Fsp3) is 0.267. The quantitative estimate of drug-likeness (QED) is 0.218. The van der Waals surface area contributed by atoms with Crippen molar-refractivity contribution in [1.29, 1.82) is 0 Å². The Hall–Kier alpha value is -3.48. The lowest BCUT2D eigenvalue weighted by molar-refractivity contribution is -0.132. The third-order valence-electron chi connectivity index (χ3n) is 6.26. The summed E-state index contributed by atoms with van der Waals surface area (Å²) in [6.45, 7) is 5.31. The number of hydrogen-bond acceptors (Lipinski definition) is 2.